The molecule has 0 amide bonds. The molecule has 2 N–H and O–H groups in total. The molecule has 1 atom stereocenters. The van der Waals surface area contributed by atoms with E-state index in [0.717, 1.165) is 10.0 Å². The number of benzene rings is 2. The van der Waals surface area contributed by atoms with Crippen LogP contribution in [0.2, 0.25) is 0 Å². The number of nitrogens with one attached hydrogen (secondary N) is 2. The van der Waals surface area contributed by atoms with E-state index in [4.69, 9.17) is 0 Å². The van der Waals surface area contributed by atoms with E-state index in [1.165, 1.54) is 12.1 Å². The van der Waals surface area contributed by atoms with Gasteiger partial charge in [-0.1, -0.05) is 28.1 Å². The number of non-ortho nitro benzene ring substituents is 1. The molecule has 0 aromatic heterocycles. The Morgan fingerprint density at radius 1 is 1.14 bits per heavy atom. The maximum Gasteiger partial charge on any atom is 0.273 e. The van der Waals surface area contributed by atoms with Gasteiger partial charge in [-0.25, -0.2) is 0 Å². The van der Waals surface area contributed by atoms with Crippen molar-refractivity contribution in [3.63, 3.8) is 0 Å². The van der Waals surface area contributed by atoms with Gasteiger partial charge in [0.2, 0.25) is 0 Å². The Hall–Kier alpha value is -2.08. The molecule has 0 fully saturated rings. The lowest BCUT2D eigenvalue weighted by Crippen LogP contribution is -2.07. The molecule has 2 aromatic rings. The topological polar surface area (TPSA) is 67.2 Å². The predicted octanol–water partition coefficient (Wildman–Crippen LogP) is 4.57. The summed E-state index contributed by atoms with van der Waals surface area (Å²) < 4.78 is 1.02. The predicted molar refractivity (Wildman–Crippen MR) is 88.8 cm³/mol. The van der Waals surface area contributed by atoms with E-state index in [-0.39, 0.29) is 11.7 Å². The molecule has 2 rings (SSSR count). The molecule has 6 heteroatoms. The molecule has 5 nitrogen and oxygen atoms in total. The van der Waals surface area contributed by atoms with Crippen LogP contribution in [0.3, 0.4) is 0 Å². The van der Waals surface area contributed by atoms with Crippen molar-refractivity contribution in [1.29, 1.82) is 0 Å². The van der Waals surface area contributed by atoms with Gasteiger partial charge in [-0.2, -0.15) is 0 Å². The number of anilines is 2. The molecule has 0 saturated heterocycles. The van der Waals surface area contributed by atoms with E-state index in [1.807, 2.05) is 37.3 Å². The Morgan fingerprint density at radius 3 is 2.33 bits per heavy atom. The van der Waals surface area contributed by atoms with Crippen LogP contribution in [0.5, 0.6) is 0 Å². The summed E-state index contributed by atoms with van der Waals surface area (Å²) >= 11 is 3.40. The summed E-state index contributed by atoms with van der Waals surface area (Å²) in [6, 6.07) is 12.9. The molecule has 0 saturated carbocycles. The minimum atomic E-state index is -0.393. The van der Waals surface area contributed by atoms with E-state index >= 15 is 0 Å². The van der Waals surface area contributed by atoms with Crippen LogP contribution in [0, 0.1) is 10.1 Å². The first-order valence-corrected chi connectivity index (χ1v) is 7.28. The number of halogens is 1. The first-order valence-electron chi connectivity index (χ1n) is 6.49. The summed E-state index contributed by atoms with van der Waals surface area (Å²) in [6.07, 6.45) is 0. The van der Waals surface area contributed by atoms with Gasteiger partial charge in [0, 0.05) is 41.1 Å². The monoisotopic (exact) mass is 349 g/mol. The zero-order valence-electron chi connectivity index (χ0n) is 11.8. The fourth-order valence-corrected chi connectivity index (χ4v) is 2.29. The third-order valence-corrected chi connectivity index (χ3v) is 3.70. The van der Waals surface area contributed by atoms with Gasteiger partial charge in [0.1, 0.15) is 0 Å². The van der Waals surface area contributed by atoms with E-state index in [9.17, 15) is 10.1 Å². The summed E-state index contributed by atoms with van der Waals surface area (Å²) in [7, 11) is 1.74. The highest BCUT2D eigenvalue weighted by Gasteiger charge is 2.11. The van der Waals surface area contributed by atoms with Crippen LogP contribution < -0.4 is 10.6 Å². The Kier molecular flexibility index (Phi) is 4.80. The fourth-order valence-electron chi connectivity index (χ4n) is 2.03. The second-order valence-corrected chi connectivity index (χ2v) is 5.61. The van der Waals surface area contributed by atoms with Gasteiger partial charge >= 0.3 is 0 Å². The average molecular weight is 350 g/mol. The normalized spacial score (nSPS) is 11.8. The lowest BCUT2D eigenvalue weighted by atomic mass is 10.1. The molecule has 0 aliphatic heterocycles. The smallest absolute Gasteiger partial charge is 0.273 e. The van der Waals surface area contributed by atoms with Crippen LogP contribution in [-0.4, -0.2) is 12.0 Å². The van der Waals surface area contributed by atoms with Crippen LogP contribution in [0.25, 0.3) is 0 Å². The number of nitro groups is 1. The Labute approximate surface area is 131 Å². The van der Waals surface area contributed by atoms with Gasteiger partial charge < -0.3 is 10.6 Å². The number of rotatable bonds is 5. The summed E-state index contributed by atoms with van der Waals surface area (Å²) in [5.74, 6) is 0. The number of nitrogens with zero attached hydrogens (tertiary/aromatic N) is 1. The van der Waals surface area contributed by atoms with Gasteiger partial charge in [-0.3, -0.25) is 10.1 Å². The van der Waals surface area contributed by atoms with Crippen LogP contribution in [0.15, 0.2) is 46.9 Å². The Bertz CT molecular complexity index is 644. The highest BCUT2D eigenvalue weighted by Crippen LogP contribution is 2.27. The van der Waals surface area contributed by atoms with E-state index in [1.54, 1.807) is 7.05 Å². The maximum atomic E-state index is 11.0. The molecule has 0 bridgehead atoms. The van der Waals surface area contributed by atoms with Gasteiger partial charge in [0.05, 0.1) is 4.92 Å². The lowest BCUT2D eigenvalue weighted by Gasteiger charge is -2.16. The standard InChI is InChI=1S/C15H16BrN3O2/c1-10(11-3-5-12(16)6-4-11)18-14-7-13(17-2)8-15(9-14)19(20)21/h3-10,17-18H,1-2H3. The molecular formula is C15H16BrN3O2. The summed E-state index contributed by atoms with van der Waals surface area (Å²) in [5.41, 5.74) is 2.58. The molecule has 0 spiro atoms. The van der Waals surface area contributed by atoms with Crippen LogP contribution in [0.1, 0.15) is 18.5 Å². The van der Waals surface area contributed by atoms with Crippen molar-refractivity contribution < 1.29 is 4.92 Å². The van der Waals surface area contributed by atoms with E-state index < -0.39 is 4.92 Å². The SMILES string of the molecule is CNc1cc(NC(C)c2ccc(Br)cc2)cc([N+](=O)[O-])c1. The highest BCUT2D eigenvalue weighted by atomic mass is 79.9. The minimum absolute atomic E-state index is 0.0461. The third kappa shape index (κ3) is 3.95. The first-order chi connectivity index (χ1) is 9.99. The van der Waals surface area contributed by atoms with Crippen molar-refractivity contribution in [3.8, 4) is 0 Å². The van der Waals surface area contributed by atoms with Crippen molar-refractivity contribution >= 4 is 33.0 Å². The zero-order valence-corrected chi connectivity index (χ0v) is 13.3. The van der Waals surface area contributed by atoms with Gasteiger partial charge in [0.25, 0.3) is 5.69 Å². The molecule has 0 aliphatic carbocycles. The largest absolute Gasteiger partial charge is 0.388 e. The molecule has 21 heavy (non-hydrogen) atoms. The Morgan fingerprint density at radius 2 is 1.76 bits per heavy atom. The molecule has 0 radical (unpaired) electrons. The second kappa shape index (κ2) is 6.58. The van der Waals surface area contributed by atoms with Crippen molar-refractivity contribution in [2.24, 2.45) is 0 Å². The van der Waals surface area contributed by atoms with Gasteiger partial charge in [-0.15, -0.1) is 0 Å². The van der Waals surface area contributed by atoms with Crippen LogP contribution in [-0.2, 0) is 0 Å². The van der Waals surface area contributed by atoms with Gasteiger partial charge in [0.15, 0.2) is 0 Å². The second-order valence-electron chi connectivity index (χ2n) is 4.69. The van der Waals surface area contributed by atoms with E-state index in [0.29, 0.717) is 11.4 Å². The molecule has 0 aliphatic rings. The van der Waals surface area contributed by atoms with Crippen molar-refractivity contribution in [2.45, 2.75) is 13.0 Å². The Balaban J connectivity index is 2.23. The number of hydrogen-bond acceptors (Lipinski definition) is 4. The fraction of sp³-hybridized carbons (Fsp3) is 0.200. The molecule has 110 valence electrons. The van der Waals surface area contributed by atoms with Crippen molar-refractivity contribution in [3.05, 3.63) is 62.6 Å². The summed E-state index contributed by atoms with van der Waals surface area (Å²) in [4.78, 5) is 10.6. The highest BCUT2D eigenvalue weighted by molar-refractivity contribution is 9.10. The lowest BCUT2D eigenvalue weighted by molar-refractivity contribution is -0.384. The van der Waals surface area contributed by atoms with Crippen molar-refractivity contribution in [2.75, 3.05) is 17.7 Å². The van der Waals surface area contributed by atoms with Crippen molar-refractivity contribution in [1.82, 2.24) is 0 Å². The molecule has 0 heterocycles. The van der Waals surface area contributed by atoms with Gasteiger partial charge in [-0.05, 0) is 30.7 Å². The average Bonchev–Trinajstić information content (AvgIpc) is 2.47. The number of nitro benzene ring substituents is 1. The van der Waals surface area contributed by atoms with E-state index in [2.05, 4.69) is 26.6 Å². The first kappa shape index (κ1) is 15.3. The molecular weight excluding hydrogens is 334 g/mol. The molecule has 1 unspecified atom stereocenters. The van der Waals surface area contributed by atoms with Crippen LogP contribution in [0.4, 0.5) is 17.1 Å². The third-order valence-electron chi connectivity index (χ3n) is 3.17. The maximum absolute atomic E-state index is 11.0. The number of hydrogen-bond donors (Lipinski definition) is 2. The quantitative estimate of drug-likeness (QED) is 0.612. The zero-order chi connectivity index (χ0) is 15.4. The minimum Gasteiger partial charge on any atom is -0.388 e. The molecule has 2 aromatic carbocycles. The summed E-state index contributed by atoms with van der Waals surface area (Å²) in [5, 5.41) is 17.2. The summed E-state index contributed by atoms with van der Waals surface area (Å²) in [6.45, 7) is 2.01. The van der Waals surface area contributed by atoms with Crippen LogP contribution >= 0.6 is 15.9 Å².